The summed E-state index contributed by atoms with van der Waals surface area (Å²) in [6, 6.07) is 15.0. The number of aryl methyl sites for hydroxylation is 2. The Morgan fingerprint density at radius 1 is 0.962 bits per heavy atom. The van der Waals surface area contributed by atoms with Crippen LogP contribution >= 0.6 is 0 Å². The number of carbonyl (C=O) groups excluding carboxylic acids is 1. The van der Waals surface area contributed by atoms with Crippen molar-refractivity contribution >= 4 is 17.5 Å². The van der Waals surface area contributed by atoms with Crippen molar-refractivity contribution in [3.63, 3.8) is 0 Å². The fraction of sp³-hybridized carbons (Fsp3) is 0.150. The van der Waals surface area contributed by atoms with Gasteiger partial charge < -0.3 is 10.6 Å². The second-order valence-corrected chi connectivity index (χ2v) is 5.99. The third kappa shape index (κ3) is 4.63. The van der Waals surface area contributed by atoms with Crippen LogP contribution in [0.3, 0.4) is 0 Å². The van der Waals surface area contributed by atoms with Crippen LogP contribution in [0.5, 0.6) is 0 Å². The molecule has 0 bridgehead atoms. The highest BCUT2D eigenvalue weighted by atomic mass is 19.1. The summed E-state index contributed by atoms with van der Waals surface area (Å²) in [6.07, 6.45) is 0. The van der Waals surface area contributed by atoms with Gasteiger partial charge in [0.15, 0.2) is 0 Å². The van der Waals surface area contributed by atoms with Crippen LogP contribution in [0.2, 0.25) is 0 Å². The molecule has 2 N–H and O–H groups in total. The molecule has 0 atom stereocenters. The van der Waals surface area contributed by atoms with Crippen LogP contribution in [0, 0.1) is 19.7 Å². The van der Waals surface area contributed by atoms with E-state index in [2.05, 4.69) is 20.6 Å². The maximum Gasteiger partial charge on any atom is 0.251 e. The summed E-state index contributed by atoms with van der Waals surface area (Å²) in [5.41, 5.74) is 3.95. The van der Waals surface area contributed by atoms with Gasteiger partial charge >= 0.3 is 0 Å². The SMILES string of the molecule is Cc1cc(C)nc(Nc2ccc(C(=O)NCc3ccc(F)cc3)cc2)n1. The van der Waals surface area contributed by atoms with Gasteiger partial charge in [0.1, 0.15) is 5.82 Å². The fourth-order valence-corrected chi connectivity index (χ4v) is 2.50. The van der Waals surface area contributed by atoms with E-state index in [0.717, 1.165) is 22.6 Å². The molecular weight excluding hydrogens is 331 g/mol. The molecule has 1 aromatic heterocycles. The highest BCUT2D eigenvalue weighted by Gasteiger charge is 2.06. The molecule has 0 saturated heterocycles. The maximum absolute atomic E-state index is 12.9. The Kier molecular flexibility index (Phi) is 5.22. The monoisotopic (exact) mass is 350 g/mol. The summed E-state index contributed by atoms with van der Waals surface area (Å²) >= 11 is 0. The second kappa shape index (κ2) is 7.74. The molecule has 0 aliphatic heterocycles. The summed E-state index contributed by atoms with van der Waals surface area (Å²) in [7, 11) is 0. The van der Waals surface area contributed by atoms with Crippen molar-refractivity contribution in [2.45, 2.75) is 20.4 Å². The number of benzene rings is 2. The van der Waals surface area contributed by atoms with Gasteiger partial charge in [0.25, 0.3) is 5.91 Å². The molecule has 2 aromatic carbocycles. The van der Waals surface area contributed by atoms with E-state index in [1.54, 1.807) is 36.4 Å². The van der Waals surface area contributed by atoms with E-state index >= 15 is 0 Å². The first kappa shape index (κ1) is 17.5. The number of nitrogens with one attached hydrogen (secondary N) is 2. The van der Waals surface area contributed by atoms with Crippen molar-refractivity contribution in [3.8, 4) is 0 Å². The van der Waals surface area contributed by atoms with Crippen molar-refractivity contribution in [2.75, 3.05) is 5.32 Å². The number of carbonyl (C=O) groups is 1. The minimum absolute atomic E-state index is 0.191. The Labute approximate surface area is 151 Å². The van der Waals surface area contributed by atoms with Gasteiger partial charge in [-0.2, -0.15) is 0 Å². The molecule has 3 aromatic rings. The van der Waals surface area contributed by atoms with Crippen LogP contribution in [-0.4, -0.2) is 15.9 Å². The van der Waals surface area contributed by atoms with E-state index in [4.69, 9.17) is 0 Å². The maximum atomic E-state index is 12.9. The minimum atomic E-state index is -0.295. The molecule has 5 nitrogen and oxygen atoms in total. The molecule has 0 fully saturated rings. The van der Waals surface area contributed by atoms with Gasteiger partial charge in [-0.3, -0.25) is 4.79 Å². The quantitative estimate of drug-likeness (QED) is 0.732. The van der Waals surface area contributed by atoms with Crippen molar-refractivity contribution < 1.29 is 9.18 Å². The number of anilines is 2. The predicted molar refractivity (Wildman–Crippen MR) is 98.8 cm³/mol. The second-order valence-electron chi connectivity index (χ2n) is 5.99. The zero-order valence-electron chi connectivity index (χ0n) is 14.6. The van der Waals surface area contributed by atoms with Crippen molar-refractivity contribution in [3.05, 3.63) is 82.9 Å². The zero-order valence-corrected chi connectivity index (χ0v) is 14.6. The van der Waals surface area contributed by atoms with Crippen LogP contribution in [-0.2, 0) is 6.54 Å². The number of hydrogen-bond acceptors (Lipinski definition) is 4. The molecule has 0 radical (unpaired) electrons. The van der Waals surface area contributed by atoms with Gasteiger partial charge in [-0.15, -0.1) is 0 Å². The van der Waals surface area contributed by atoms with Crippen molar-refractivity contribution in [2.24, 2.45) is 0 Å². The Morgan fingerprint density at radius 2 is 1.58 bits per heavy atom. The lowest BCUT2D eigenvalue weighted by Gasteiger charge is -2.08. The van der Waals surface area contributed by atoms with E-state index in [1.807, 2.05) is 19.9 Å². The lowest BCUT2D eigenvalue weighted by Crippen LogP contribution is -2.22. The van der Waals surface area contributed by atoms with Gasteiger partial charge in [0.2, 0.25) is 5.95 Å². The normalized spacial score (nSPS) is 10.4. The first-order chi connectivity index (χ1) is 12.5. The summed E-state index contributed by atoms with van der Waals surface area (Å²) in [6.45, 7) is 4.17. The molecule has 3 rings (SSSR count). The summed E-state index contributed by atoms with van der Waals surface area (Å²) in [4.78, 5) is 20.9. The van der Waals surface area contributed by atoms with Gasteiger partial charge in [-0.05, 0) is 61.9 Å². The molecule has 0 saturated carbocycles. The lowest BCUT2D eigenvalue weighted by atomic mass is 10.1. The van der Waals surface area contributed by atoms with Crippen LogP contribution in [0.4, 0.5) is 16.0 Å². The smallest absolute Gasteiger partial charge is 0.251 e. The number of rotatable bonds is 5. The molecule has 1 heterocycles. The van der Waals surface area contributed by atoms with E-state index in [9.17, 15) is 9.18 Å². The zero-order chi connectivity index (χ0) is 18.5. The molecule has 26 heavy (non-hydrogen) atoms. The van der Waals surface area contributed by atoms with Crippen LogP contribution < -0.4 is 10.6 Å². The number of halogens is 1. The molecule has 132 valence electrons. The summed E-state index contributed by atoms with van der Waals surface area (Å²) < 4.78 is 12.9. The Bertz CT molecular complexity index is 888. The van der Waals surface area contributed by atoms with E-state index in [0.29, 0.717) is 18.1 Å². The van der Waals surface area contributed by atoms with Gasteiger partial charge in [0, 0.05) is 29.2 Å². The molecular formula is C20H19FN4O. The molecule has 0 spiro atoms. The largest absolute Gasteiger partial charge is 0.348 e. The average Bonchev–Trinajstić information content (AvgIpc) is 2.61. The predicted octanol–water partition coefficient (Wildman–Crippen LogP) is 3.91. The standard InChI is InChI=1S/C20H19FN4O/c1-13-11-14(2)24-20(23-13)25-18-9-5-16(6-10-18)19(26)22-12-15-3-7-17(21)8-4-15/h3-11H,12H2,1-2H3,(H,22,26)(H,23,24,25). The number of aromatic nitrogens is 2. The van der Waals surface area contributed by atoms with E-state index < -0.39 is 0 Å². The fourth-order valence-electron chi connectivity index (χ4n) is 2.50. The molecule has 1 amide bonds. The third-order valence-corrected chi connectivity index (χ3v) is 3.75. The van der Waals surface area contributed by atoms with E-state index in [1.165, 1.54) is 12.1 Å². The number of hydrogen-bond donors (Lipinski definition) is 2. The first-order valence-corrected chi connectivity index (χ1v) is 8.21. The Hall–Kier alpha value is -3.28. The molecule has 6 heteroatoms. The molecule has 0 unspecified atom stereocenters. The van der Waals surface area contributed by atoms with Crippen molar-refractivity contribution in [1.29, 1.82) is 0 Å². The molecule has 0 aliphatic rings. The van der Waals surface area contributed by atoms with Crippen LogP contribution in [0.25, 0.3) is 0 Å². The van der Waals surface area contributed by atoms with Gasteiger partial charge in [-0.25, -0.2) is 14.4 Å². The third-order valence-electron chi connectivity index (χ3n) is 3.75. The highest BCUT2D eigenvalue weighted by Crippen LogP contribution is 2.15. The Balaban J connectivity index is 1.61. The lowest BCUT2D eigenvalue weighted by molar-refractivity contribution is 0.0951. The Morgan fingerprint density at radius 3 is 2.19 bits per heavy atom. The number of amides is 1. The van der Waals surface area contributed by atoms with Gasteiger partial charge in [0.05, 0.1) is 0 Å². The van der Waals surface area contributed by atoms with E-state index in [-0.39, 0.29) is 11.7 Å². The minimum Gasteiger partial charge on any atom is -0.348 e. The highest BCUT2D eigenvalue weighted by molar-refractivity contribution is 5.94. The topological polar surface area (TPSA) is 66.9 Å². The van der Waals surface area contributed by atoms with Crippen LogP contribution in [0.15, 0.2) is 54.6 Å². The van der Waals surface area contributed by atoms with Crippen LogP contribution in [0.1, 0.15) is 27.3 Å². The van der Waals surface area contributed by atoms with Crippen molar-refractivity contribution in [1.82, 2.24) is 15.3 Å². The molecule has 0 aliphatic carbocycles. The first-order valence-electron chi connectivity index (χ1n) is 8.21. The summed E-state index contributed by atoms with van der Waals surface area (Å²) in [5, 5.41) is 5.94. The van der Waals surface area contributed by atoms with Gasteiger partial charge in [-0.1, -0.05) is 12.1 Å². The average molecular weight is 350 g/mol. The number of nitrogens with zero attached hydrogens (tertiary/aromatic N) is 2. The summed E-state index contributed by atoms with van der Waals surface area (Å²) in [5.74, 6) is 0.0375.